The van der Waals surface area contributed by atoms with Crippen LogP contribution >= 0.6 is 0 Å². The zero-order valence-electron chi connectivity index (χ0n) is 16.4. The highest BCUT2D eigenvalue weighted by Crippen LogP contribution is 2.17. The molecule has 8 nitrogen and oxygen atoms in total. The van der Waals surface area contributed by atoms with Gasteiger partial charge in [0.2, 0.25) is 5.91 Å². The number of amides is 1. The van der Waals surface area contributed by atoms with E-state index in [9.17, 15) is 4.79 Å². The SMILES string of the molecule is Cc1cc(C)n(-c2ccc(NCCNC(=O)Cc3c[nH]c4ccccc34)nn2)n1. The van der Waals surface area contributed by atoms with E-state index in [1.54, 1.807) is 4.68 Å². The first kappa shape index (κ1) is 18.7. The standard InChI is InChI=1S/C21H23N7O/c1-14-11-15(2)28(27-14)20-8-7-19(25-26-20)22-9-10-23-21(29)12-16-13-24-18-6-4-3-5-17(16)18/h3-8,11,13,24H,9-10,12H2,1-2H3,(H,22,25)(H,23,29). The van der Waals surface area contributed by atoms with E-state index in [1.165, 1.54) is 0 Å². The minimum Gasteiger partial charge on any atom is -0.367 e. The molecule has 4 aromatic rings. The van der Waals surface area contributed by atoms with Gasteiger partial charge in [-0.1, -0.05) is 18.2 Å². The number of hydrogen-bond donors (Lipinski definition) is 3. The van der Waals surface area contributed by atoms with Gasteiger partial charge in [0.25, 0.3) is 0 Å². The summed E-state index contributed by atoms with van der Waals surface area (Å²) in [5.74, 6) is 1.32. The van der Waals surface area contributed by atoms with Crippen LogP contribution < -0.4 is 10.6 Å². The predicted molar refractivity (Wildman–Crippen MR) is 112 cm³/mol. The molecule has 0 spiro atoms. The fraction of sp³-hybridized carbons (Fsp3) is 0.238. The summed E-state index contributed by atoms with van der Waals surface area (Å²) >= 11 is 0. The maximum absolute atomic E-state index is 12.2. The van der Waals surface area contributed by atoms with Gasteiger partial charge in [0.15, 0.2) is 5.82 Å². The Morgan fingerprint density at radius 1 is 1.10 bits per heavy atom. The van der Waals surface area contributed by atoms with Gasteiger partial charge in [-0.05, 0) is 43.7 Å². The van der Waals surface area contributed by atoms with Crippen molar-refractivity contribution in [2.24, 2.45) is 0 Å². The van der Waals surface area contributed by atoms with Crippen molar-refractivity contribution in [1.29, 1.82) is 0 Å². The van der Waals surface area contributed by atoms with Gasteiger partial charge in [-0.15, -0.1) is 10.2 Å². The Morgan fingerprint density at radius 2 is 1.97 bits per heavy atom. The van der Waals surface area contributed by atoms with Crippen molar-refractivity contribution in [2.75, 3.05) is 18.4 Å². The topological polar surface area (TPSA) is 101 Å². The lowest BCUT2D eigenvalue weighted by Crippen LogP contribution is -2.30. The number of aromatic amines is 1. The van der Waals surface area contributed by atoms with Gasteiger partial charge >= 0.3 is 0 Å². The van der Waals surface area contributed by atoms with E-state index in [1.807, 2.05) is 62.5 Å². The number of anilines is 1. The number of benzene rings is 1. The summed E-state index contributed by atoms with van der Waals surface area (Å²) in [5, 5.41) is 20.0. The molecule has 3 N–H and O–H groups in total. The van der Waals surface area contributed by atoms with Crippen LogP contribution in [0, 0.1) is 13.8 Å². The van der Waals surface area contributed by atoms with Gasteiger partial charge in [0.05, 0.1) is 12.1 Å². The molecular formula is C21H23N7O. The number of nitrogens with one attached hydrogen (secondary N) is 3. The molecule has 3 heterocycles. The lowest BCUT2D eigenvalue weighted by Gasteiger charge is -2.08. The molecule has 8 heteroatoms. The van der Waals surface area contributed by atoms with Crippen molar-refractivity contribution in [1.82, 2.24) is 30.3 Å². The van der Waals surface area contributed by atoms with E-state index in [0.29, 0.717) is 31.1 Å². The zero-order valence-corrected chi connectivity index (χ0v) is 16.4. The number of hydrogen-bond acceptors (Lipinski definition) is 5. The van der Waals surface area contributed by atoms with Crippen molar-refractivity contribution in [3.63, 3.8) is 0 Å². The minimum absolute atomic E-state index is 0.0116. The van der Waals surface area contributed by atoms with Crippen LogP contribution in [0.3, 0.4) is 0 Å². The molecule has 0 aliphatic rings. The fourth-order valence-electron chi connectivity index (χ4n) is 3.30. The van der Waals surface area contributed by atoms with Crippen LogP contribution in [0.15, 0.2) is 48.7 Å². The van der Waals surface area contributed by atoms with Gasteiger partial charge in [-0.2, -0.15) is 5.10 Å². The second-order valence-corrected chi connectivity index (χ2v) is 6.93. The molecule has 0 aliphatic heterocycles. The van der Waals surface area contributed by atoms with Gasteiger partial charge in [0.1, 0.15) is 5.82 Å². The molecule has 0 unspecified atom stereocenters. The van der Waals surface area contributed by atoms with Crippen molar-refractivity contribution in [3.8, 4) is 5.82 Å². The number of aryl methyl sites for hydroxylation is 2. The molecule has 0 radical (unpaired) electrons. The summed E-state index contributed by atoms with van der Waals surface area (Å²) in [4.78, 5) is 15.4. The molecular weight excluding hydrogens is 366 g/mol. The number of aromatic nitrogens is 5. The smallest absolute Gasteiger partial charge is 0.224 e. The van der Waals surface area contributed by atoms with E-state index in [-0.39, 0.29) is 5.91 Å². The van der Waals surface area contributed by atoms with Crippen LogP contribution in [-0.2, 0) is 11.2 Å². The molecule has 0 saturated carbocycles. The lowest BCUT2D eigenvalue weighted by molar-refractivity contribution is -0.120. The van der Waals surface area contributed by atoms with Crippen molar-refractivity contribution in [2.45, 2.75) is 20.3 Å². The Kier molecular flexibility index (Phi) is 5.24. The molecule has 0 atom stereocenters. The minimum atomic E-state index is -0.0116. The van der Waals surface area contributed by atoms with Crippen molar-refractivity contribution >= 4 is 22.6 Å². The van der Waals surface area contributed by atoms with Gasteiger partial charge in [-0.3, -0.25) is 4.79 Å². The average Bonchev–Trinajstić information content (AvgIpc) is 3.28. The third-order valence-electron chi connectivity index (χ3n) is 4.66. The van der Waals surface area contributed by atoms with Crippen molar-refractivity contribution < 1.29 is 4.79 Å². The number of rotatable bonds is 7. The summed E-state index contributed by atoms with van der Waals surface area (Å²) in [6.07, 6.45) is 2.24. The van der Waals surface area contributed by atoms with Crippen LogP contribution in [0.2, 0.25) is 0 Å². The van der Waals surface area contributed by atoms with Gasteiger partial charge < -0.3 is 15.6 Å². The van der Waals surface area contributed by atoms with Crippen LogP contribution in [0.4, 0.5) is 5.82 Å². The van der Waals surface area contributed by atoms with Crippen LogP contribution in [0.1, 0.15) is 17.0 Å². The Bertz CT molecular complexity index is 1130. The molecule has 1 aromatic carbocycles. The Labute approximate surface area is 168 Å². The zero-order chi connectivity index (χ0) is 20.2. The summed E-state index contributed by atoms with van der Waals surface area (Å²) in [6.45, 7) is 4.99. The fourth-order valence-corrected chi connectivity index (χ4v) is 3.30. The number of carbonyl (C=O) groups is 1. The number of H-pyrrole nitrogens is 1. The molecule has 0 aliphatic carbocycles. The van der Waals surface area contributed by atoms with Crippen LogP contribution in [0.25, 0.3) is 16.7 Å². The summed E-state index contributed by atoms with van der Waals surface area (Å²) in [7, 11) is 0. The highest BCUT2D eigenvalue weighted by molar-refractivity contribution is 5.88. The number of carbonyl (C=O) groups excluding carboxylic acids is 1. The number of nitrogens with zero attached hydrogens (tertiary/aromatic N) is 4. The molecule has 148 valence electrons. The summed E-state index contributed by atoms with van der Waals surface area (Å²) in [6, 6.07) is 13.7. The monoisotopic (exact) mass is 389 g/mol. The molecule has 3 aromatic heterocycles. The third kappa shape index (κ3) is 4.26. The Balaban J connectivity index is 1.25. The van der Waals surface area contributed by atoms with Crippen molar-refractivity contribution in [3.05, 3.63) is 65.6 Å². The highest BCUT2D eigenvalue weighted by Gasteiger charge is 2.08. The quantitative estimate of drug-likeness (QED) is 0.422. The maximum atomic E-state index is 12.2. The second kappa shape index (κ2) is 8.14. The molecule has 0 fully saturated rings. The third-order valence-corrected chi connectivity index (χ3v) is 4.66. The van der Waals surface area contributed by atoms with E-state index in [4.69, 9.17) is 0 Å². The normalized spacial score (nSPS) is 11.0. The summed E-state index contributed by atoms with van der Waals surface area (Å²) < 4.78 is 1.76. The van der Waals surface area contributed by atoms with E-state index in [2.05, 4.69) is 30.9 Å². The van der Waals surface area contributed by atoms with E-state index >= 15 is 0 Å². The second-order valence-electron chi connectivity index (χ2n) is 6.93. The highest BCUT2D eigenvalue weighted by atomic mass is 16.1. The van der Waals surface area contributed by atoms with E-state index < -0.39 is 0 Å². The number of para-hydroxylation sites is 1. The van der Waals surface area contributed by atoms with Crippen LogP contribution in [0.5, 0.6) is 0 Å². The summed E-state index contributed by atoms with van der Waals surface area (Å²) in [5.41, 5.74) is 3.99. The molecule has 0 saturated heterocycles. The molecule has 1 amide bonds. The maximum Gasteiger partial charge on any atom is 0.224 e. The largest absolute Gasteiger partial charge is 0.367 e. The van der Waals surface area contributed by atoms with Gasteiger partial charge in [0, 0.05) is 35.9 Å². The van der Waals surface area contributed by atoms with Crippen LogP contribution in [-0.4, -0.2) is 44.0 Å². The first-order chi connectivity index (χ1) is 14.1. The molecule has 0 bridgehead atoms. The Hall–Kier alpha value is -3.68. The number of fused-ring (bicyclic) bond motifs is 1. The van der Waals surface area contributed by atoms with Gasteiger partial charge in [-0.25, -0.2) is 4.68 Å². The first-order valence-corrected chi connectivity index (χ1v) is 9.53. The lowest BCUT2D eigenvalue weighted by atomic mass is 10.1. The average molecular weight is 389 g/mol. The molecule has 29 heavy (non-hydrogen) atoms. The predicted octanol–water partition coefficient (Wildman–Crippen LogP) is 2.53. The Morgan fingerprint density at radius 3 is 2.72 bits per heavy atom. The first-order valence-electron chi connectivity index (χ1n) is 9.53. The molecule has 4 rings (SSSR count). The van der Waals surface area contributed by atoms with E-state index in [0.717, 1.165) is 27.9 Å².